The van der Waals surface area contributed by atoms with Gasteiger partial charge in [-0.1, -0.05) is 0 Å². The van der Waals surface area contributed by atoms with Gasteiger partial charge in [0.1, 0.15) is 11.6 Å². The summed E-state index contributed by atoms with van der Waals surface area (Å²) in [6.07, 6.45) is 0. The molecule has 0 atom stereocenters. The minimum absolute atomic E-state index is 0.123. The molecule has 0 bridgehead atoms. The predicted molar refractivity (Wildman–Crippen MR) is 97.0 cm³/mol. The van der Waals surface area contributed by atoms with E-state index in [2.05, 4.69) is 9.80 Å². The van der Waals surface area contributed by atoms with Gasteiger partial charge >= 0.3 is 0 Å². The van der Waals surface area contributed by atoms with Crippen molar-refractivity contribution in [3.8, 4) is 5.75 Å². The molecule has 132 valence electrons. The lowest BCUT2D eigenvalue weighted by atomic mass is 10.1. The second-order valence-corrected chi connectivity index (χ2v) is 6.12. The van der Waals surface area contributed by atoms with Gasteiger partial charge in [-0.05, 0) is 55.5 Å². The Morgan fingerprint density at radius 2 is 1.64 bits per heavy atom. The van der Waals surface area contributed by atoms with E-state index in [1.165, 1.54) is 12.1 Å². The van der Waals surface area contributed by atoms with Crippen molar-refractivity contribution >= 4 is 11.5 Å². The van der Waals surface area contributed by atoms with Gasteiger partial charge in [0.05, 0.1) is 13.2 Å². The molecule has 4 nitrogen and oxygen atoms in total. The Bertz CT molecular complexity index is 693. The summed E-state index contributed by atoms with van der Waals surface area (Å²) in [6, 6.07) is 13.9. The molecule has 1 aliphatic rings. The third-order valence-corrected chi connectivity index (χ3v) is 4.42. The molecule has 1 saturated heterocycles. The minimum Gasteiger partial charge on any atom is -0.494 e. The molecular weight excluding hydrogens is 319 g/mol. The van der Waals surface area contributed by atoms with Crippen molar-refractivity contribution in [1.29, 1.82) is 0 Å². The number of halogens is 1. The molecule has 0 saturated carbocycles. The zero-order chi connectivity index (χ0) is 17.6. The monoisotopic (exact) mass is 342 g/mol. The van der Waals surface area contributed by atoms with E-state index < -0.39 is 0 Å². The van der Waals surface area contributed by atoms with Gasteiger partial charge in [-0.2, -0.15) is 0 Å². The molecule has 1 fully saturated rings. The number of benzene rings is 2. The van der Waals surface area contributed by atoms with Gasteiger partial charge in [0.15, 0.2) is 5.78 Å². The lowest BCUT2D eigenvalue weighted by molar-refractivity contribution is 0.0926. The second-order valence-electron chi connectivity index (χ2n) is 6.12. The average molecular weight is 342 g/mol. The Morgan fingerprint density at radius 1 is 1.00 bits per heavy atom. The number of ketones is 1. The number of carbonyl (C=O) groups is 1. The standard InChI is InChI=1S/C20H23FN2O2/c1-2-25-19-9-3-16(4-10-19)20(24)15-22-11-13-23(14-12-22)18-7-5-17(21)6-8-18/h3-10H,2,11-15H2,1H3. The van der Waals surface area contributed by atoms with Crippen molar-refractivity contribution < 1.29 is 13.9 Å². The molecule has 0 aliphatic carbocycles. The summed E-state index contributed by atoms with van der Waals surface area (Å²) < 4.78 is 18.4. The van der Waals surface area contributed by atoms with Crippen LogP contribution in [0.2, 0.25) is 0 Å². The highest BCUT2D eigenvalue weighted by Crippen LogP contribution is 2.17. The molecule has 0 N–H and O–H groups in total. The lowest BCUT2D eigenvalue weighted by Crippen LogP contribution is -2.48. The van der Waals surface area contributed by atoms with Crippen molar-refractivity contribution in [2.45, 2.75) is 6.92 Å². The number of anilines is 1. The van der Waals surface area contributed by atoms with Gasteiger partial charge in [0, 0.05) is 37.4 Å². The van der Waals surface area contributed by atoms with Crippen LogP contribution >= 0.6 is 0 Å². The zero-order valence-electron chi connectivity index (χ0n) is 14.5. The van der Waals surface area contributed by atoms with Gasteiger partial charge < -0.3 is 9.64 Å². The minimum atomic E-state index is -0.219. The van der Waals surface area contributed by atoms with Crippen LogP contribution in [-0.2, 0) is 0 Å². The van der Waals surface area contributed by atoms with E-state index in [4.69, 9.17) is 4.74 Å². The molecule has 0 aromatic heterocycles. The molecule has 1 aliphatic heterocycles. The number of piperazine rings is 1. The smallest absolute Gasteiger partial charge is 0.176 e. The van der Waals surface area contributed by atoms with Gasteiger partial charge in [-0.3, -0.25) is 9.69 Å². The quantitative estimate of drug-likeness (QED) is 0.755. The van der Waals surface area contributed by atoms with Crippen LogP contribution in [0.15, 0.2) is 48.5 Å². The largest absolute Gasteiger partial charge is 0.494 e. The number of ether oxygens (including phenoxy) is 1. The molecule has 5 heteroatoms. The summed E-state index contributed by atoms with van der Waals surface area (Å²) in [5.74, 6) is 0.689. The zero-order valence-corrected chi connectivity index (χ0v) is 14.5. The van der Waals surface area contributed by atoms with E-state index in [1.54, 1.807) is 12.1 Å². The number of hydrogen-bond donors (Lipinski definition) is 0. The van der Waals surface area contributed by atoms with E-state index in [0.29, 0.717) is 18.7 Å². The molecule has 25 heavy (non-hydrogen) atoms. The topological polar surface area (TPSA) is 32.8 Å². The summed E-state index contributed by atoms with van der Waals surface area (Å²) in [6.45, 7) is 6.28. The van der Waals surface area contributed by atoms with E-state index in [-0.39, 0.29) is 11.6 Å². The van der Waals surface area contributed by atoms with Crippen LogP contribution in [0.4, 0.5) is 10.1 Å². The predicted octanol–water partition coefficient (Wildman–Crippen LogP) is 3.23. The third-order valence-electron chi connectivity index (χ3n) is 4.42. The van der Waals surface area contributed by atoms with Crippen molar-refractivity contribution in [3.05, 3.63) is 59.9 Å². The molecule has 0 radical (unpaired) electrons. The molecule has 1 heterocycles. The summed E-state index contributed by atoms with van der Waals surface area (Å²) in [5, 5.41) is 0. The van der Waals surface area contributed by atoms with E-state index >= 15 is 0 Å². The maximum Gasteiger partial charge on any atom is 0.176 e. The highest BCUT2D eigenvalue weighted by molar-refractivity contribution is 5.97. The highest BCUT2D eigenvalue weighted by atomic mass is 19.1. The first-order chi connectivity index (χ1) is 12.2. The summed E-state index contributed by atoms with van der Waals surface area (Å²) in [5.41, 5.74) is 1.74. The van der Waals surface area contributed by atoms with Crippen molar-refractivity contribution in [3.63, 3.8) is 0 Å². The number of nitrogens with zero attached hydrogens (tertiary/aromatic N) is 2. The highest BCUT2D eigenvalue weighted by Gasteiger charge is 2.19. The van der Waals surface area contributed by atoms with E-state index in [0.717, 1.165) is 37.6 Å². The molecular formula is C20H23FN2O2. The first kappa shape index (κ1) is 17.4. The molecule has 2 aromatic carbocycles. The van der Waals surface area contributed by atoms with Crippen LogP contribution in [0, 0.1) is 5.82 Å². The van der Waals surface area contributed by atoms with Crippen molar-refractivity contribution in [2.75, 3.05) is 44.2 Å². The lowest BCUT2D eigenvalue weighted by Gasteiger charge is -2.35. The SMILES string of the molecule is CCOc1ccc(C(=O)CN2CCN(c3ccc(F)cc3)CC2)cc1. The molecule has 0 unspecified atom stereocenters. The third kappa shape index (κ3) is 4.57. The summed E-state index contributed by atoms with van der Waals surface area (Å²) >= 11 is 0. The Morgan fingerprint density at radius 3 is 2.24 bits per heavy atom. The first-order valence-corrected chi connectivity index (χ1v) is 8.64. The van der Waals surface area contributed by atoms with Crippen LogP contribution < -0.4 is 9.64 Å². The van der Waals surface area contributed by atoms with E-state index in [9.17, 15) is 9.18 Å². The summed E-state index contributed by atoms with van der Waals surface area (Å²) in [4.78, 5) is 16.8. The number of Topliss-reactive ketones (excluding diaryl/α,β-unsaturated/α-hetero) is 1. The van der Waals surface area contributed by atoms with Gasteiger partial charge in [-0.15, -0.1) is 0 Å². The van der Waals surface area contributed by atoms with Crippen LogP contribution in [0.1, 0.15) is 17.3 Å². The molecule has 2 aromatic rings. The average Bonchev–Trinajstić information content (AvgIpc) is 2.64. The fourth-order valence-corrected chi connectivity index (χ4v) is 3.01. The second kappa shape index (κ2) is 8.12. The van der Waals surface area contributed by atoms with Crippen molar-refractivity contribution in [1.82, 2.24) is 4.90 Å². The van der Waals surface area contributed by atoms with Crippen molar-refractivity contribution in [2.24, 2.45) is 0 Å². The number of rotatable bonds is 6. The molecule has 3 rings (SSSR count). The molecule has 0 spiro atoms. The van der Waals surface area contributed by atoms with E-state index in [1.807, 2.05) is 31.2 Å². The maximum absolute atomic E-state index is 13.0. The fraction of sp³-hybridized carbons (Fsp3) is 0.350. The first-order valence-electron chi connectivity index (χ1n) is 8.64. The normalized spacial score (nSPS) is 15.2. The molecule has 0 amide bonds. The fourth-order valence-electron chi connectivity index (χ4n) is 3.01. The van der Waals surface area contributed by atoms with Crippen LogP contribution in [0.25, 0.3) is 0 Å². The van der Waals surface area contributed by atoms with Crippen LogP contribution in [-0.4, -0.2) is 50.0 Å². The van der Waals surface area contributed by atoms with Crippen LogP contribution in [0.3, 0.4) is 0 Å². The van der Waals surface area contributed by atoms with Crippen LogP contribution in [0.5, 0.6) is 5.75 Å². The van der Waals surface area contributed by atoms with Gasteiger partial charge in [0.25, 0.3) is 0 Å². The Kier molecular flexibility index (Phi) is 5.66. The number of hydrogen-bond acceptors (Lipinski definition) is 4. The summed E-state index contributed by atoms with van der Waals surface area (Å²) in [7, 11) is 0. The Balaban J connectivity index is 1.51. The Labute approximate surface area is 147 Å². The van der Waals surface area contributed by atoms with Gasteiger partial charge in [-0.25, -0.2) is 4.39 Å². The Hall–Kier alpha value is -2.40. The van der Waals surface area contributed by atoms with Gasteiger partial charge in [0.2, 0.25) is 0 Å². The number of carbonyl (C=O) groups excluding carboxylic acids is 1. The maximum atomic E-state index is 13.0.